The summed E-state index contributed by atoms with van der Waals surface area (Å²) < 4.78 is 111. The van der Waals surface area contributed by atoms with E-state index >= 15 is 0 Å². The quantitative estimate of drug-likeness (QED) is 0.390. The third-order valence-corrected chi connectivity index (χ3v) is 2.20. The first-order valence-electron chi connectivity index (χ1n) is 5.06. The zero-order valence-electron chi connectivity index (χ0n) is 10.4. The minimum atomic E-state index is -6.50. The van der Waals surface area contributed by atoms with Crippen molar-refractivity contribution in [2.45, 2.75) is 23.7 Å². The Labute approximate surface area is 113 Å². The number of methoxy groups -OCH3 is 1. The molecule has 0 amide bonds. The van der Waals surface area contributed by atoms with Crippen LogP contribution in [0.4, 0.5) is 35.1 Å². The van der Waals surface area contributed by atoms with E-state index < -0.39 is 42.9 Å². The molecule has 0 N–H and O–H groups in total. The minimum absolute atomic E-state index is 0.298. The molecule has 0 fully saturated rings. The van der Waals surface area contributed by atoms with Crippen molar-refractivity contribution in [3.05, 3.63) is 12.7 Å². The largest absolute Gasteiger partial charge is 0.456 e. The first kappa shape index (κ1) is 19.6. The van der Waals surface area contributed by atoms with E-state index in [1.54, 1.807) is 0 Å². The fourth-order valence-corrected chi connectivity index (χ4v) is 1.04. The summed E-state index contributed by atoms with van der Waals surface area (Å²) in [4.78, 5) is 10.5. The van der Waals surface area contributed by atoms with Crippen molar-refractivity contribution in [3.63, 3.8) is 0 Å². The number of halogens is 8. The molecule has 0 heterocycles. The smallest absolute Gasteiger partial charge is 0.381 e. The number of hydrogen-bond donors (Lipinski definition) is 0. The van der Waals surface area contributed by atoms with Crippen LogP contribution in [0.25, 0.3) is 0 Å². The van der Waals surface area contributed by atoms with E-state index in [1.807, 2.05) is 0 Å². The number of rotatable bonds is 8. The zero-order chi connectivity index (χ0) is 17.1. The topological polar surface area (TPSA) is 35.5 Å². The van der Waals surface area contributed by atoms with Crippen molar-refractivity contribution < 1.29 is 49.4 Å². The van der Waals surface area contributed by atoms with Crippen LogP contribution in [0.3, 0.4) is 0 Å². The molecule has 0 radical (unpaired) electrons. The fraction of sp³-hybridized carbons (Fsp3) is 0.700. The van der Waals surface area contributed by atoms with Gasteiger partial charge >= 0.3 is 29.7 Å². The Bertz CT molecular complexity index is 394. The Balaban J connectivity index is 5.40. The van der Waals surface area contributed by atoms with E-state index in [2.05, 4.69) is 16.1 Å². The number of carbonyl (C=O) groups excluding carboxylic acids is 1. The molecule has 0 aromatic heterocycles. The lowest BCUT2D eigenvalue weighted by Crippen LogP contribution is -2.64. The molecule has 0 aromatic rings. The maximum Gasteiger partial charge on any atom is 0.381 e. The average molecular weight is 330 g/mol. The first-order valence-corrected chi connectivity index (χ1v) is 5.06. The third-order valence-electron chi connectivity index (χ3n) is 2.20. The van der Waals surface area contributed by atoms with E-state index in [9.17, 15) is 39.9 Å². The van der Waals surface area contributed by atoms with Crippen LogP contribution < -0.4 is 0 Å². The van der Waals surface area contributed by atoms with E-state index in [0.29, 0.717) is 13.2 Å². The van der Waals surface area contributed by atoms with Gasteiger partial charge in [0.05, 0.1) is 0 Å². The summed E-state index contributed by atoms with van der Waals surface area (Å²) in [6, 6.07) is 0. The monoisotopic (exact) mass is 330 g/mol. The van der Waals surface area contributed by atoms with Crippen LogP contribution in [0, 0.1) is 0 Å². The Morgan fingerprint density at radius 2 is 1.33 bits per heavy atom. The highest BCUT2D eigenvalue weighted by Gasteiger charge is 2.80. The molecule has 3 nitrogen and oxygen atoms in total. The molecule has 0 aromatic carbocycles. The Hall–Kier alpha value is -1.39. The van der Waals surface area contributed by atoms with Crippen molar-refractivity contribution >= 4 is 5.97 Å². The van der Waals surface area contributed by atoms with Crippen LogP contribution in [0.15, 0.2) is 12.7 Å². The van der Waals surface area contributed by atoms with Gasteiger partial charge in [-0.3, -0.25) is 0 Å². The summed E-state index contributed by atoms with van der Waals surface area (Å²) >= 11 is 0. The number of hydrogen-bond acceptors (Lipinski definition) is 3. The molecular weight excluding hydrogens is 320 g/mol. The molecule has 0 rings (SSSR count). The van der Waals surface area contributed by atoms with Gasteiger partial charge in [-0.25, -0.2) is 4.79 Å². The lowest BCUT2D eigenvalue weighted by atomic mass is 9.99. The molecule has 0 saturated heterocycles. The molecule has 0 aliphatic rings. The molecule has 0 spiro atoms. The van der Waals surface area contributed by atoms with Crippen molar-refractivity contribution in [2.75, 3.05) is 20.3 Å². The first-order chi connectivity index (χ1) is 9.27. The predicted octanol–water partition coefficient (Wildman–Crippen LogP) is 2.90. The highest BCUT2D eigenvalue weighted by Crippen LogP contribution is 2.52. The molecule has 21 heavy (non-hydrogen) atoms. The normalized spacial score (nSPS) is 14.0. The van der Waals surface area contributed by atoms with Crippen LogP contribution in [0.1, 0.15) is 0 Å². The number of alkyl halides is 8. The second-order valence-electron chi connectivity index (χ2n) is 3.80. The van der Waals surface area contributed by atoms with Crippen LogP contribution in [0.5, 0.6) is 0 Å². The zero-order valence-corrected chi connectivity index (χ0v) is 10.4. The fourth-order valence-electron chi connectivity index (χ4n) is 1.04. The molecule has 0 bridgehead atoms. The van der Waals surface area contributed by atoms with Crippen LogP contribution in [0.2, 0.25) is 0 Å². The van der Waals surface area contributed by atoms with Gasteiger partial charge in [0, 0.05) is 13.2 Å². The van der Waals surface area contributed by atoms with E-state index in [4.69, 9.17) is 0 Å². The maximum absolute atomic E-state index is 13.1. The van der Waals surface area contributed by atoms with Crippen molar-refractivity contribution in [1.29, 1.82) is 0 Å². The minimum Gasteiger partial charge on any atom is -0.456 e. The highest BCUT2D eigenvalue weighted by molar-refractivity contribution is 5.81. The lowest BCUT2D eigenvalue weighted by Gasteiger charge is -2.36. The van der Waals surface area contributed by atoms with Crippen LogP contribution >= 0.6 is 0 Å². The summed E-state index contributed by atoms with van der Waals surface area (Å²) in [5.41, 5.74) is 0. The molecule has 0 aliphatic carbocycles. The van der Waals surface area contributed by atoms with Crippen molar-refractivity contribution in [3.8, 4) is 0 Å². The summed E-state index contributed by atoms with van der Waals surface area (Å²) in [6.07, 6.45) is 0.298. The Morgan fingerprint density at radius 1 is 0.952 bits per heavy atom. The summed E-state index contributed by atoms with van der Waals surface area (Å²) in [7, 11) is 0.492. The van der Waals surface area contributed by atoms with E-state index in [0.717, 1.165) is 0 Å². The SMILES string of the molecule is C=CC(=O)OCC(F)(F)C(F)(F)C(F)(F)C(F)(F)COC. The van der Waals surface area contributed by atoms with Gasteiger partial charge < -0.3 is 9.47 Å². The molecule has 0 saturated carbocycles. The molecule has 0 atom stereocenters. The third kappa shape index (κ3) is 3.63. The van der Waals surface area contributed by atoms with Crippen LogP contribution in [-0.2, 0) is 14.3 Å². The van der Waals surface area contributed by atoms with Gasteiger partial charge in [-0.2, -0.15) is 35.1 Å². The highest BCUT2D eigenvalue weighted by atomic mass is 19.4. The number of carbonyl (C=O) groups is 1. The van der Waals surface area contributed by atoms with Gasteiger partial charge in [0.2, 0.25) is 0 Å². The van der Waals surface area contributed by atoms with Gasteiger partial charge in [-0.05, 0) is 0 Å². The van der Waals surface area contributed by atoms with E-state index in [-0.39, 0.29) is 0 Å². The Morgan fingerprint density at radius 3 is 1.67 bits per heavy atom. The number of esters is 1. The van der Waals surface area contributed by atoms with Gasteiger partial charge in [0.25, 0.3) is 0 Å². The second-order valence-corrected chi connectivity index (χ2v) is 3.80. The number of ether oxygens (including phenoxy) is 2. The predicted molar refractivity (Wildman–Crippen MR) is 52.8 cm³/mol. The molecule has 124 valence electrons. The van der Waals surface area contributed by atoms with Gasteiger partial charge in [0.15, 0.2) is 6.61 Å². The maximum atomic E-state index is 13.1. The lowest BCUT2D eigenvalue weighted by molar-refractivity contribution is -0.374. The Kier molecular flexibility index (Phi) is 5.75. The molecule has 0 aliphatic heterocycles. The second kappa shape index (κ2) is 6.16. The van der Waals surface area contributed by atoms with Gasteiger partial charge in [-0.15, -0.1) is 0 Å². The van der Waals surface area contributed by atoms with Crippen LogP contribution in [-0.4, -0.2) is 50.0 Å². The summed E-state index contributed by atoms with van der Waals surface area (Å²) in [5, 5.41) is 0. The van der Waals surface area contributed by atoms with Crippen molar-refractivity contribution in [1.82, 2.24) is 0 Å². The van der Waals surface area contributed by atoms with Crippen molar-refractivity contribution in [2.24, 2.45) is 0 Å². The molecule has 0 unspecified atom stereocenters. The standard InChI is InChI=1S/C10H10F8O3/c1-3-6(19)21-5-8(13,14)10(17,18)9(15,16)7(11,12)4-20-2/h3H,1,4-5H2,2H3. The molecular formula is C10H10F8O3. The van der Waals surface area contributed by atoms with Gasteiger partial charge in [0.1, 0.15) is 6.61 Å². The average Bonchev–Trinajstić information content (AvgIpc) is 2.35. The molecule has 11 heteroatoms. The van der Waals surface area contributed by atoms with E-state index in [1.165, 1.54) is 0 Å². The summed E-state index contributed by atoms with van der Waals surface area (Å²) in [5.74, 6) is -25.9. The summed E-state index contributed by atoms with van der Waals surface area (Å²) in [6.45, 7) is -1.99. The van der Waals surface area contributed by atoms with Gasteiger partial charge in [-0.1, -0.05) is 6.58 Å².